The zero-order valence-electron chi connectivity index (χ0n) is 16.3. The van der Waals surface area contributed by atoms with Gasteiger partial charge in [-0.3, -0.25) is 9.79 Å². The Hall–Kier alpha value is -1.88. The van der Waals surface area contributed by atoms with Gasteiger partial charge < -0.3 is 14.4 Å². The molecule has 5 heteroatoms. The predicted molar refractivity (Wildman–Crippen MR) is 106 cm³/mol. The third kappa shape index (κ3) is 4.03. The summed E-state index contributed by atoms with van der Waals surface area (Å²) < 4.78 is 11.5. The average Bonchev–Trinajstić information content (AvgIpc) is 3.16. The van der Waals surface area contributed by atoms with Crippen LogP contribution in [0.1, 0.15) is 56.1 Å². The lowest BCUT2D eigenvalue weighted by atomic mass is 9.91. The number of hydrogen-bond acceptors (Lipinski definition) is 5. The summed E-state index contributed by atoms with van der Waals surface area (Å²) in [6.45, 7) is 6.97. The fraction of sp³-hybridized carbons (Fsp3) is 0.636. The first-order valence-electron chi connectivity index (χ1n) is 10.5. The molecule has 0 radical (unpaired) electrons. The Morgan fingerprint density at radius 1 is 1.33 bits per heavy atom. The first-order chi connectivity index (χ1) is 13.3. The molecule has 5 nitrogen and oxygen atoms in total. The van der Waals surface area contributed by atoms with Crippen LogP contribution in [0.4, 0.5) is 5.69 Å². The van der Waals surface area contributed by atoms with E-state index in [1.807, 2.05) is 12.1 Å². The van der Waals surface area contributed by atoms with E-state index in [0.717, 1.165) is 67.9 Å². The number of nitrogens with zero attached hydrogens (tertiary/aromatic N) is 2. The molecule has 0 aliphatic carbocycles. The number of fused-ring (bicyclic) bond motifs is 3. The highest BCUT2D eigenvalue weighted by Crippen LogP contribution is 2.42. The van der Waals surface area contributed by atoms with Gasteiger partial charge in [0.1, 0.15) is 11.7 Å². The number of ether oxygens (including phenoxy) is 2. The molecule has 1 aromatic rings. The lowest BCUT2D eigenvalue weighted by molar-refractivity contribution is -0.145. The third-order valence-corrected chi connectivity index (χ3v) is 6.04. The van der Waals surface area contributed by atoms with Crippen molar-refractivity contribution in [1.82, 2.24) is 4.90 Å². The molecular weight excluding hydrogens is 340 g/mol. The van der Waals surface area contributed by atoms with Crippen LogP contribution in [-0.4, -0.2) is 49.9 Å². The van der Waals surface area contributed by atoms with Gasteiger partial charge in [-0.25, -0.2) is 0 Å². The van der Waals surface area contributed by atoms with E-state index >= 15 is 0 Å². The quantitative estimate of drug-likeness (QED) is 0.714. The van der Waals surface area contributed by atoms with E-state index in [1.165, 1.54) is 19.4 Å². The summed E-state index contributed by atoms with van der Waals surface area (Å²) in [7, 11) is 0. The van der Waals surface area contributed by atoms with Crippen LogP contribution in [0.2, 0.25) is 0 Å². The van der Waals surface area contributed by atoms with Crippen LogP contribution < -0.4 is 4.74 Å². The van der Waals surface area contributed by atoms with Gasteiger partial charge in [-0.1, -0.05) is 13.3 Å². The Morgan fingerprint density at radius 2 is 2.19 bits per heavy atom. The maximum atomic E-state index is 12.8. The number of rotatable bonds is 6. The molecule has 0 N–H and O–H groups in total. The molecule has 1 atom stereocenters. The fourth-order valence-electron chi connectivity index (χ4n) is 4.37. The summed E-state index contributed by atoms with van der Waals surface area (Å²) in [4.78, 5) is 19.8. The highest BCUT2D eigenvalue weighted by atomic mass is 16.5. The first-order valence-corrected chi connectivity index (χ1v) is 10.5. The monoisotopic (exact) mass is 370 g/mol. The topological polar surface area (TPSA) is 51.1 Å². The zero-order chi connectivity index (χ0) is 18.6. The van der Waals surface area contributed by atoms with E-state index in [0.29, 0.717) is 12.5 Å². The molecule has 27 heavy (non-hydrogen) atoms. The number of carbonyl (C=O) groups is 1. The molecule has 3 aliphatic heterocycles. The Kier molecular flexibility index (Phi) is 5.77. The van der Waals surface area contributed by atoms with Crippen molar-refractivity contribution in [2.24, 2.45) is 10.9 Å². The van der Waals surface area contributed by atoms with Gasteiger partial charge in [-0.2, -0.15) is 0 Å². The SMILES string of the molecule is CCCCN1CCC(COC(=O)C2C=Nc3ccc4c(c32)CCCO4)CC1. The molecule has 1 fully saturated rings. The minimum atomic E-state index is -0.374. The summed E-state index contributed by atoms with van der Waals surface area (Å²) in [6, 6.07) is 3.93. The summed E-state index contributed by atoms with van der Waals surface area (Å²) in [6.07, 6.45) is 8.44. The van der Waals surface area contributed by atoms with Gasteiger partial charge in [0.15, 0.2) is 0 Å². The molecule has 0 saturated carbocycles. The molecule has 0 bridgehead atoms. The number of esters is 1. The number of unbranched alkanes of at least 4 members (excludes halogenated alkanes) is 1. The average molecular weight is 370 g/mol. The van der Waals surface area contributed by atoms with Crippen LogP contribution in [0.5, 0.6) is 5.75 Å². The number of aliphatic imine (C=N–C) groups is 1. The smallest absolute Gasteiger partial charge is 0.319 e. The van der Waals surface area contributed by atoms with Crippen LogP contribution in [0.3, 0.4) is 0 Å². The van der Waals surface area contributed by atoms with Crippen molar-refractivity contribution in [3.8, 4) is 5.75 Å². The van der Waals surface area contributed by atoms with Crippen molar-refractivity contribution >= 4 is 17.9 Å². The summed E-state index contributed by atoms with van der Waals surface area (Å²) >= 11 is 0. The van der Waals surface area contributed by atoms with Crippen LogP contribution in [0, 0.1) is 5.92 Å². The molecular formula is C22H30N2O3. The number of piperidine rings is 1. The largest absolute Gasteiger partial charge is 0.493 e. The highest BCUT2D eigenvalue weighted by Gasteiger charge is 2.33. The summed E-state index contributed by atoms with van der Waals surface area (Å²) in [5, 5.41) is 0. The molecule has 3 aliphatic rings. The number of carbonyl (C=O) groups excluding carboxylic acids is 1. The Bertz CT molecular complexity index is 708. The normalized spacial score (nSPS) is 22.2. The van der Waals surface area contributed by atoms with Gasteiger partial charge in [0.25, 0.3) is 0 Å². The van der Waals surface area contributed by atoms with Gasteiger partial charge >= 0.3 is 5.97 Å². The van der Waals surface area contributed by atoms with Crippen molar-refractivity contribution in [2.45, 2.75) is 51.4 Å². The minimum Gasteiger partial charge on any atom is -0.493 e. The zero-order valence-corrected chi connectivity index (χ0v) is 16.3. The Balaban J connectivity index is 1.33. The van der Waals surface area contributed by atoms with E-state index in [2.05, 4.69) is 16.8 Å². The molecule has 1 unspecified atom stereocenters. The van der Waals surface area contributed by atoms with Crippen molar-refractivity contribution in [1.29, 1.82) is 0 Å². The van der Waals surface area contributed by atoms with Crippen molar-refractivity contribution in [2.75, 3.05) is 32.8 Å². The van der Waals surface area contributed by atoms with Gasteiger partial charge in [-0.05, 0) is 69.8 Å². The lowest BCUT2D eigenvalue weighted by Gasteiger charge is -2.31. The van der Waals surface area contributed by atoms with Gasteiger partial charge in [0.2, 0.25) is 0 Å². The highest BCUT2D eigenvalue weighted by molar-refractivity contribution is 6.02. The molecule has 1 aromatic carbocycles. The molecule has 1 saturated heterocycles. The molecule has 0 spiro atoms. The second kappa shape index (κ2) is 8.42. The van der Waals surface area contributed by atoms with Crippen LogP contribution >= 0.6 is 0 Å². The van der Waals surface area contributed by atoms with Crippen molar-refractivity contribution in [3.05, 3.63) is 23.3 Å². The lowest BCUT2D eigenvalue weighted by Crippen LogP contribution is -2.36. The number of benzene rings is 1. The fourth-order valence-corrected chi connectivity index (χ4v) is 4.37. The van der Waals surface area contributed by atoms with Crippen LogP contribution in [0.15, 0.2) is 17.1 Å². The van der Waals surface area contributed by atoms with E-state index in [9.17, 15) is 4.79 Å². The van der Waals surface area contributed by atoms with Crippen LogP contribution in [-0.2, 0) is 16.0 Å². The maximum absolute atomic E-state index is 12.8. The van der Waals surface area contributed by atoms with E-state index in [1.54, 1.807) is 6.21 Å². The van der Waals surface area contributed by atoms with Crippen LogP contribution in [0.25, 0.3) is 0 Å². The minimum absolute atomic E-state index is 0.162. The second-order valence-corrected chi connectivity index (χ2v) is 7.95. The second-order valence-electron chi connectivity index (χ2n) is 7.95. The van der Waals surface area contributed by atoms with E-state index < -0.39 is 0 Å². The Morgan fingerprint density at radius 3 is 3.00 bits per heavy atom. The standard InChI is InChI=1S/C22H30N2O3/c1-2-3-10-24-11-8-16(9-12-24)15-27-22(25)18-14-23-19-6-7-20-17(21(18)19)5-4-13-26-20/h6-7,14,16,18H,2-5,8-13,15H2,1H3. The first kappa shape index (κ1) is 18.5. The van der Waals surface area contributed by atoms with Gasteiger partial charge in [-0.15, -0.1) is 0 Å². The molecule has 0 amide bonds. The van der Waals surface area contributed by atoms with E-state index in [-0.39, 0.29) is 11.9 Å². The van der Waals surface area contributed by atoms with Crippen molar-refractivity contribution < 1.29 is 14.3 Å². The van der Waals surface area contributed by atoms with Crippen molar-refractivity contribution in [3.63, 3.8) is 0 Å². The van der Waals surface area contributed by atoms with Gasteiger partial charge in [0.05, 0.1) is 18.9 Å². The molecule has 3 heterocycles. The maximum Gasteiger partial charge on any atom is 0.319 e. The predicted octanol–water partition coefficient (Wildman–Crippen LogP) is 3.87. The number of likely N-dealkylation sites (tertiary alicyclic amines) is 1. The molecule has 4 rings (SSSR count). The molecule has 146 valence electrons. The molecule has 0 aromatic heterocycles. The third-order valence-electron chi connectivity index (χ3n) is 6.04. The Labute approximate surface area is 161 Å². The number of hydrogen-bond donors (Lipinski definition) is 0. The van der Waals surface area contributed by atoms with Gasteiger partial charge in [0, 0.05) is 17.3 Å². The van der Waals surface area contributed by atoms with E-state index in [4.69, 9.17) is 9.47 Å². The summed E-state index contributed by atoms with van der Waals surface area (Å²) in [5.41, 5.74) is 3.04. The summed E-state index contributed by atoms with van der Waals surface area (Å²) in [5.74, 6) is 0.853.